The number of esters is 1. The molecule has 2 aromatic heterocycles. The maximum absolute atomic E-state index is 11.6. The molecule has 80 valence electrons. The first-order valence-corrected chi connectivity index (χ1v) is 4.87. The molecular weight excluding hydrogens is 204 g/mol. The lowest BCUT2D eigenvalue weighted by Crippen LogP contribution is -2.07. The van der Waals surface area contributed by atoms with Crippen LogP contribution in [-0.2, 0) is 4.74 Å². The van der Waals surface area contributed by atoms with Gasteiger partial charge in [-0.2, -0.15) is 0 Å². The van der Waals surface area contributed by atoms with Crippen molar-refractivity contribution in [2.24, 2.45) is 0 Å². The molecule has 0 unspecified atom stereocenters. The van der Waals surface area contributed by atoms with E-state index in [-0.39, 0.29) is 0 Å². The molecule has 0 N–H and O–H groups in total. The van der Waals surface area contributed by atoms with Gasteiger partial charge in [-0.15, -0.1) is 6.42 Å². The van der Waals surface area contributed by atoms with Crippen LogP contribution in [0, 0.1) is 12.3 Å². The van der Waals surface area contributed by atoms with E-state index in [2.05, 4.69) is 10.9 Å². The quantitative estimate of drug-likeness (QED) is 0.562. The zero-order valence-corrected chi connectivity index (χ0v) is 8.80. The van der Waals surface area contributed by atoms with Crippen molar-refractivity contribution >= 4 is 11.6 Å². The largest absolute Gasteiger partial charge is 0.461 e. The Hall–Kier alpha value is -2.28. The highest BCUT2D eigenvalue weighted by molar-refractivity contribution is 5.88. The standard InChI is InChI=1S/C12H10N2O2/c1-3-9-5-6-11-13-7-10(14(11)8-9)12(15)16-4-2/h1,5-8H,4H2,2H3. The van der Waals surface area contributed by atoms with E-state index in [1.807, 2.05) is 0 Å². The molecule has 0 aliphatic carbocycles. The highest BCUT2D eigenvalue weighted by atomic mass is 16.5. The van der Waals surface area contributed by atoms with E-state index in [0.29, 0.717) is 23.5 Å². The van der Waals surface area contributed by atoms with Gasteiger partial charge in [0.15, 0.2) is 5.69 Å². The Morgan fingerprint density at radius 2 is 2.44 bits per heavy atom. The minimum absolute atomic E-state index is 0.334. The third-order valence-electron chi connectivity index (χ3n) is 2.16. The number of hydrogen-bond donors (Lipinski definition) is 0. The lowest BCUT2D eigenvalue weighted by Gasteiger charge is -2.01. The zero-order valence-electron chi connectivity index (χ0n) is 8.80. The third-order valence-corrected chi connectivity index (χ3v) is 2.16. The summed E-state index contributed by atoms with van der Waals surface area (Å²) in [6, 6.07) is 3.54. The van der Waals surface area contributed by atoms with Crippen LogP contribution in [-0.4, -0.2) is 22.0 Å². The van der Waals surface area contributed by atoms with Crippen molar-refractivity contribution in [1.29, 1.82) is 0 Å². The van der Waals surface area contributed by atoms with Crippen molar-refractivity contribution in [1.82, 2.24) is 9.38 Å². The molecule has 0 bridgehead atoms. The monoisotopic (exact) mass is 214 g/mol. The van der Waals surface area contributed by atoms with Gasteiger partial charge in [-0.3, -0.25) is 4.40 Å². The fourth-order valence-corrected chi connectivity index (χ4v) is 1.42. The summed E-state index contributed by atoms with van der Waals surface area (Å²) in [5.41, 5.74) is 1.74. The number of terminal acetylenes is 1. The number of hydrogen-bond acceptors (Lipinski definition) is 3. The Bertz CT molecular complexity index is 578. The Kier molecular flexibility index (Phi) is 2.61. The van der Waals surface area contributed by atoms with Gasteiger partial charge in [-0.05, 0) is 19.1 Å². The summed E-state index contributed by atoms with van der Waals surface area (Å²) >= 11 is 0. The van der Waals surface area contributed by atoms with Gasteiger partial charge in [-0.25, -0.2) is 9.78 Å². The number of aromatic nitrogens is 2. The molecule has 0 fully saturated rings. The Morgan fingerprint density at radius 3 is 3.12 bits per heavy atom. The number of carbonyl (C=O) groups is 1. The van der Waals surface area contributed by atoms with Gasteiger partial charge >= 0.3 is 5.97 Å². The molecule has 2 aromatic rings. The van der Waals surface area contributed by atoms with E-state index >= 15 is 0 Å². The summed E-state index contributed by atoms with van der Waals surface area (Å²) in [5.74, 6) is 2.11. The normalized spacial score (nSPS) is 10.0. The number of ether oxygens (including phenoxy) is 1. The van der Waals surface area contributed by atoms with Gasteiger partial charge in [0.05, 0.1) is 12.8 Å². The van der Waals surface area contributed by atoms with E-state index in [1.165, 1.54) is 6.20 Å². The maximum Gasteiger partial charge on any atom is 0.356 e. The molecule has 0 aromatic carbocycles. The van der Waals surface area contributed by atoms with Crippen LogP contribution in [0.2, 0.25) is 0 Å². The Balaban J connectivity index is 2.54. The van der Waals surface area contributed by atoms with Crippen molar-refractivity contribution < 1.29 is 9.53 Å². The van der Waals surface area contributed by atoms with Crippen molar-refractivity contribution in [2.45, 2.75) is 6.92 Å². The van der Waals surface area contributed by atoms with Crippen LogP contribution in [0.1, 0.15) is 23.0 Å². The van der Waals surface area contributed by atoms with Gasteiger partial charge in [-0.1, -0.05) is 5.92 Å². The SMILES string of the molecule is C#Cc1ccc2ncc(C(=O)OCC)n2c1. The van der Waals surface area contributed by atoms with Crippen molar-refractivity contribution in [3.8, 4) is 12.3 Å². The summed E-state index contributed by atoms with van der Waals surface area (Å²) in [5, 5.41) is 0. The molecule has 2 heterocycles. The second-order valence-corrected chi connectivity index (χ2v) is 3.15. The van der Waals surface area contributed by atoms with Crippen LogP contribution in [0.4, 0.5) is 0 Å². The topological polar surface area (TPSA) is 43.6 Å². The summed E-state index contributed by atoms with van der Waals surface area (Å²) in [6.07, 6.45) is 8.46. The number of fused-ring (bicyclic) bond motifs is 1. The smallest absolute Gasteiger partial charge is 0.356 e. The zero-order chi connectivity index (χ0) is 11.5. The fourth-order valence-electron chi connectivity index (χ4n) is 1.42. The number of pyridine rings is 1. The molecule has 0 saturated carbocycles. The minimum Gasteiger partial charge on any atom is -0.461 e. The molecule has 0 aliphatic rings. The second-order valence-electron chi connectivity index (χ2n) is 3.15. The molecule has 0 amide bonds. The van der Waals surface area contributed by atoms with E-state index in [1.54, 1.807) is 29.7 Å². The summed E-state index contributed by atoms with van der Waals surface area (Å²) in [7, 11) is 0. The van der Waals surface area contributed by atoms with Crippen LogP contribution in [0.5, 0.6) is 0 Å². The lowest BCUT2D eigenvalue weighted by molar-refractivity contribution is 0.0518. The summed E-state index contributed by atoms with van der Waals surface area (Å²) in [6.45, 7) is 2.09. The van der Waals surface area contributed by atoms with E-state index in [4.69, 9.17) is 11.2 Å². The molecule has 0 spiro atoms. The predicted octanol–water partition coefficient (Wildman–Crippen LogP) is 1.49. The summed E-state index contributed by atoms with van der Waals surface area (Å²) < 4.78 is 6.55. The maximum atomic E-state index is 11.6. The first-order chi connectivity index (χ1) is 7.76. The van der Waals surface area contributed by atoms with Crippen molar-refractivity contribution in [2.75, 3.05) is 6.61 Å². The van der Waals surface area contributed by atoms with Crippen molar-refractivity contribution in [3.05, 3.63) is 35.8 Å². The molecule has 0 aliphatic heterocycles. The van der Waals surface area contributed by atoms with Gasteiger partial charge < -0.3 is 4.74 Å². The van der Waals surface area contributed by atoms with E-state index in [9.17, 15) is 4.79 Å². The highest BCUT2D eigenvalue weighted by Crippen LogP contribution is 2.09. The molecule has 0 atom stereocenters. The molecule has 4 heteroatoms. The number of imidazole rings is 1. The number of nitrogens with zero attached hydrogens (tertiary/aromatic N) is 2. The molecule has 16 heavy (non-hydrogen) atoms. The van der Waals surface area contributed by atoms with Crippen molar-refractivity contribution in [3.63, 3.8) is 0 Å². The molecule has 4 nitrogen and oxygen atoms in total. The van der Waals surface area contributed by atoms with Gasteiger partial charge in [0.1, 0.15) is 5.65 Å². The molecule has 0 saturated heterocycles. The minimum atomic E-state index is -0.399. The van der Waals surface area contributed by atoms with Crippen LogP contribution in [0.25, 0.3) is 5.65 Å². The molecule has 2 rings (SSSR count). The van der Waals surface area contributed by atoms with Gasteiger partial charge in [0.25, 0.3) is 0 Å². The predicted molar refractivity (Wildman–Crippen MR) is 59.1 cm³/mol. The van der Waals surface area contributed by atoms with Gasteiger partial charge in [0.2, 0.25) is 0 Å². The van der Waals surface area contributed by atoms with Crippen LogP contribution < -0.4 is 0 Å². The third kappa shape index (κ3) is 1.63. The van der Waals surface area contributed by atoms with Crippen LogP contribution in [0.3, 0.4) is 0 Å². The number of rotatable bonds is 2. The Morgan fingerprint density at radius 1 is 1.62 bits per heavy atom. The second kappa shape index (κ2) is 4.07. The highest BCUT2D eigenvalue weighted by Gasteiger charge is 2.12. The first kappa shape index (κ1) is 10.2. The first-order valence-electron chi connectivity index (χ1n) is 4.87. The summed E-state index contributed by atoms with van der Waals surface area (Å²) in [4.78, 5) is 15.7. The Labute approximate surface area is 92.9 Å². The number of carbonyl (C=O) groups excluding carboxylic acids is 1. The average molecular weight is 214 g/mol. The van der Waals surface area contributed by atoms with Gasteiger partial charge in [0, 0.05) is 11.8 Å². The van der Waals surface area contributed by atoms with Crippen LogP contribution >= 0.6 is 0 Å². The average Bonchev–Trinajstić information content (AvgIpc) is 2.71. The van der Waals surface area contributed by atoms with E-state index < -0.39 is 5.97 Å². The molecular formula is C12H10N2O2. The lowest BCUT2D eigenvalue weighted by atomic mass is 10.3. The molecule has 0 radical (unpaired) electrons. The van der Waals surface area contributed by atoms with Crippen LogP contribution in [0.15, 0.2) is 24.5 Å². The van der Waals surface area contributed by atoms with E-state index in [0.717, 1.165) is 0 Å². The fraction of sp³-hybridized carbons (Fsp3) is 0.167.